The average molecular weight is 362 g/mol. The predicted molar refractivity (Wildman–Crippen MR) is 92.1 cm³/mol. The molecule has 0 aromatic heterocycles. The molecule has 1 heterocycles. The second-order valence-electron chi connectivity index (χ2n) is 5.50. The second kappa shape index (κ2) is 8.26. The molecule has 0 bridgehead atoms. The zero-order valence-electron chi connectivity index (χ0n) is 12.9. The average Bonchev–Trinajstić information content (AvgIpc) is 2.48. The van der Waals surface area contributed by atoms with Gasteiger partial charge in [-0.1, -0.05) is 11.6 Å². The number of methoxy groups -OCH3 is 1. The lowest BCUT2D eigenvalue weighted by Crippen LogP contribution is -2.41. The molecule has 1 unspecified atom stereocenters. The van der Waals surface area contributed by atoms with Crippen LogP contribution in [0.2, 0.25) is 5.02 Å². The molecule has 1 aliphatic rings. The minimum atomic E-state index is -0.340. The first kappa shape index (κ1) is 19.4. The van der Waals surface area contributed by atoms with Crippen LogP contribution in [0.15, 0.2) is 12.1 Å². The third-order valence-electron chi connectivity index (χ3n) is 3.85. The van der Waals surface area contributed by atoms with E-state index < -0.39 is 0 Å². The van der Waals surface area contributed by atoms with Gasteiger partial charge in [0.2, 0.25) is 5.91 Å². The number of primary amides is 1. The van der Waals surface area contributed by atoms with Gasteiger partial charge in [-0.25, -0.2) is 0 Å². The van der Waals surface area contributed by atoms with E-state index in [0.29, 0.717) is 41.5 Å². The summed E-state index contributed by atoms with van der Waals surface area (Å²) >= 11 is 6.01. The second-order valence-corrected chi connectivity index (χ2v) is 5.91. The van der Waals surface area contributed by atoms with Crippen molar-refractivity contribution in [2.24, 2.45) is 11.7 Å². The highest BCUT2D eigenvalue weighted by Gasteiger charge is 2.27. The molecule has 0 aliphatic carbocycles. The number of rotatable bonds is 4. The van der Waals surface area contributed by atoms with E-state index in [-0.39, 0.29) is 30.1 Å². The predicted octanol–water partition coefficient (Wildman–Crippen LogP) is 2.08. The van der Waals surface area contributed by atoms with Crippen molar-refractivity contribution in [1.82, 2.24) is 4.90 Å². The van der Waals surface area contributed by atoms with Gasteiger partial charge in [0.1, 0.15) is 5.75 Å². The van der Waals surface area contributed by atoms with Gasteiger partial charge < -0.3 is 21.1 Å². The number of ether oxygens (including phenoxy) is 1. The van der Waals surface area contributed by atoms with Crippen LogP contribution in [-0.4, -0.2) is 36.9 Å². The SMILES string of the molecule is COc1cc(N)c(Cl)cc1C(=O)N1CCCC(CC(N)=O)C1.Cl. The molecule has 1 saturated heterocycles. The lowest BCUT2D eigenvalue weighted by molar-refractivity contribution is -0.119. The molecule has 23 heavy (non-hydrogen) atoms. The van der Waals surface area contributed by atoms with Crippen molar-refractivity contribution in [3.8, 4) is 5.75 Å². The highest BCUT2D eigenvalue weighted by molar-refractivity contribution is 6.33. The molecule has 1 aliphatic heterocycles. The van der Waals surface area contributed by atoms with Gasteiger partial charge in [-0.3, -0.25) is 9.59 Å². The van der Waals surface area contributed by atoms with Crippen LogP contribution in [0.4, 0.5) is 5.69 Å². The van der Waals surface area contributed by atoms with E-state index in [1.807, 2.05) is 0 Å². The fourth-order valence-electron chi connectivity index (χ4n) is 2.78. The first-order chi connectivity index (χ1) is 10.4. The van der Waals surface area contributed by atoms with Gasteiger partial charge in [-0.15, -0.1) is 12.4 Å². The smallest absolute Gasteiger partial charge is 0.257 e. The molecule has 2 rings (SSSR count). The summed E-state index contributed by atoms with van der Waals surface area (Å²) in [5, 5.41) is 0.315. The first-order valence-corrected chi connectivity index (χ1v) is 7.50. The lowest BCUT2D eigenvalue weighted by Gasteiger charge is -2.32. The summed E-state index contributed by atoms with van der Waals surface area (Å²) in [7, 11) is 1.48. The number of carbonyl (C=O) groups is 2. The summed E-state index contributed by atoms with van der Waals surface area (Å²) < 4.78 is 5.22. The Labute approximate surface area is 146 Å². The normalized spacial score (nSPS) is 17.3. The molecule has 0 radical (unpaired) electrons. The summed E-state index contributed by atoms with van der Waals surface area (Å²) in [4.78, 5) is 25.5. The Hall–Kier alpha value is -1.66. The maximum absolute atomic E-state index is 12.7. The largest absolute Gasteiger partial charge is 0.496 e. The minimum Gasteiger partial charge on any atom is -0.496 e. The van der Waals surface area contributed by atoms with Crippen molar-refractivity contribution in [3.05, 3.63) is 22.7 Å². The van der Waals surface area contributed by atoms with Crippen LogP contribution < -0.4 is 16.2 Å². The standard InChI is InChI=1S/C15H20ClN3O3.ClH/c1-22-13-7-12(17)11(16)6-10(13)15(21)19-4-2-3-9(8-19)5-14(18)20;/h6-7,9H,2-5,8,17H2,1H3,(H2,18,20);1H. The van der Waals surface area contributed by atoms with E-state index >= 15 is 0 Å². The number of carbonyl (C=O) groups excluding carboxylic acids is 2. The number of nitrogens with two attached hydrogens (primary N) is 2. The van der Waals surface area contributed by atoms with Crippen molar-refractivity contribution >= 4 is 41.5 Å². The maximum atomic E-state index is 12.7. The molecule has 0 saturated carbocycles. The van der Waals surface area contributed by atoms with Gasteiger partial charge in [-0.2, -0.15) is 0 Å². The van der Waals surface area contributed by atoms with Crippen molar-refractivity contribution in [2.45, 2.75) is 19.3 Å². The van der Waals surface area contributed by atoms with Crippen molar-refractivity contribution < 1.29 is 14.3 Å². The number of anilines is 1. The highest BCUT2D eigenvalue weighted by Crippen LogP contribution is 2.31. The van der Waals surface area contributed by atoms with Crippen LogP contribution >= 0.6 is 24.0 Å². The molecule has 1 fully saturated rings. The summed E-state index contributed by atoms with van der Waals surface area (Å²) in [6.07, 6.45) is 2.03. The number of nitrogen functional groups attached to an aromatic ring is 1. The third-order valence-corrected chi connectivity index (χ3v) is 4.17. The lowest BCUT2D eigenvalue weighted by atomic mass is 9.94. The monoisotopic (exact) mass is 361 g/mol. The van der Waals surface area contributed by atoms with E-state index in [1.165, 1.54) is 13.2 Å². The first-order valence-electron chi connectivity index (χ1n) is 7.13. The van der Waals surface area contributed by atoms with E-state index in [1.54, 1.807) is 11.0 Å². The number of nitrogens with zero attached hydrogens (tertiary/aromatic N) is 1. The van der Waals surface area contributed by atoms with Crippen LogP contribution in [0.3, 0.4) is 0 Å². The molecule has 6 nitrogen and oxygen atoms in total. The van der Waals surface area contributed by atoms with Gasteiger partial charge in [0.15, 0.2) is 0 Å². The van der Waals surface area contributed by atoms with Crippen molar-refractivity contribution in [3.63, 3.8) is 0 Å². The van der Waals surface area contributed by atoms with Crippen LogP contribution in [0, 0.1) is 5.92 Å². The van der Waals surface area contributed by atoms with Gasteiger partial charge in [0.25, 0.3) is 5.91 Å². The summed E-state index contributed by atoms with van der Waals surface area (Å²) in [5.74, 6) is -0.0188. The molecule has 8 heteroatoms. The summed E-state index contributed by atoms with van der Waals surface area (Å²) in [5.41, 5.74) is 11.7. The highest BCUT2D eigenvalue weighted by atomic mass is 35.5. The zero-order chi connectivity index (χ0) is 16.3. The Kier molecular flexibility index (Phi) is 6.97. The number of hydrogen-bond donors (Lipinski definition) is 2. The Bertz CT molecular complexity index is 596. The topological polar surface area (TPSA) is 98.7 Å². The number of hydrogen-bond acceptors (Lipinski definition) is 4. The molecule has 1 aromatic rings. The summed E-state index contributed by atoms with van der Waals surface area (Å²) in [6.45, 7) is 1.15. The van der Waals surface area contributed by atoms with Crippen LogP contribution in [0.5, 0.6) is 5.75 Å². The van der Waals surface area contributed by atoms with Crippen LogP contribution in [-0.2, 0) is 4.79 Å². The Morgan fingerprint density at radius 3 is 2.74 bits per heavy atom. The van der Waals surface area contributed by atoms with Gasteiger partial charge in [-0.05, 0) is 24.8 Å². The van der Waals surface area contributed by atoms with Gasteiger partial charge in [0, 0.05) is 25.6 Å². The van der Waals surface area contributed by atoms with E-state index in [2.05, 4.69) is 0 Å². The number of likely N-dealkylation sites (tertiary alicyclic amines) is 1. The van der Waals surface area contributed by atoms with E-state index in [9.17, 15) is 9.59 Å². The molecule has 4 N–H and O–H groups in total. The third kappa shape index (κ3) is 4.65. The Balaban J connectivity index is 0.00000264. The number of benzene rings is 1. The minimum absolute atomic E-state index is 0. The van der Waals surface area contributed by atoms with Crippen molar-refractivity contribution in [1.29, 1.82) is 0 Å². The molecule has 1 aromatic carbocycles. The molecule has 128 valence electrons. The molecular weight excluding hydrogens is 341 g/mol. The quantitative estimate of drug-likeness (QED) is 0.801. The van der Waals surface area contributed by atoms with E-state index in [0.717, 1.165) is 12.8 Å². The zero-order valence-corrected chi connectivity index (χ0v) is 14.5. The Morgan fingerprint density at radius 2 is 2.13 bits per heavy atom. The fraction of sp³-hybridized carbons (Fsp3) is 0.467. The molecule has 1 atom stereocenters. The van der Waals surface area contributed by atoms with Crippen molar-refractivity contribution in [2.75, 3.05) is 25.9 Å². The molecular formula is C15H21Cl2N3O3. The summed E-state index contributed by atoms with van der Waals surface area (Å²) in [6, 6.07) is 3.07. The van der Waals surface area contributed by atoms with Crippen LogP contribution in [0.1, 0.15) is 29.6 Å². The van der Waals surface area contributed by atoms with Gasteiger partial charge in [0.05, 0.1) is 23.4 Å². The number of halogens is 2. The Morgan fingerprint density at radius 1 is 1.43 bits per heavy atom. The maximum Gasteiger partial charge on any atom is 0.257 e. The molecule has 2 amide bonds. The fourth-order valence-corrected chi connectivity index (χ4v) is 2.94. The molecule has 0 spiro atoms. The number of piperidine rings is 1. The van der Waals surface area contributed by atoms with E-state index in [4.69, 9.17) is 27.8 Å². The number of amides is 2. The van der Waals surface area contributed by atoms with Gasteiger partial charge >= 0.3 is 0 Å². The van der Waals surface area contributed by atoms with Crippen LogP contribution in [0.25, 0.3) is 0 Å².